The summed E-state index contributed by atoms with van der Waals surface area (Å²) in [6.07, 6.45) is 0. The van der Waals surface area contributed by atoms with Gasteiger partial charge in [-0.1, -0.05) is 42.5 Å². The Labute approximate surface area is 165 Å². The second-order valence-electron chi connectivity index (χ2n) is 6.67. The summed E-state index contributed by atoms with van der Waals surface area (Å²) in [6, 6.07) is 23.9. The SMILES string of the molecule is CC(C)S(=O)(=O)Nc1ccc(C(=O)Nc2ccc(-c3ccccc3)cc2)cc1. The van der Waals surface area contributed by atoms with E-state index < -0.39 is 15.3 Å². The Morgan fingerprint density at radius 2 is 1.29 bits per heavy atom. The van der Waals surface area contributed by atoms with Crippen molar-refractivity contribution < 1.29 is 13.2 Å². The van der Waals surface area contributed by atoms with Crippen molar-refractivity contribution in [2.75, 3.05) is 10.0 Å². The molecule has 0 saturated carbocycles. The first-order valence-corrected chi connectivity index (χ1v) is 10.5. The Morgan fingerprint density at radius 3 is 1.86 bits per heavy atom. The van der Waals surface area contributed by atoms with Gasteiger partial charge in [-0.15, -0.1) is 0 Å². The van der Waals surface area contributed by atoms with Crippen molar-refractivity contribution in [3.63, 3.8) is 0 Å². The van der Waals surface area contributed by atoms with E-state index in [1.54, 1.807) is 38.1 Å². The maximum atomic E-state index is 12.4. The first-order valence-electron chi connectivity index (χ1n) is 8.94. The molecule has 28 heavy (non-hydrogen) atoms. The number of rotatable bonds is 6. The van der Waals surface area contributed by atoms with Crippen molar-refractivity contribution in [1.29, 1.82) is 0 Å². The van der Waals surface area contributed by atoms with Crippen LogP contribution in [0.25, 0.3) is 11.1 Å². The van der Waals surface area contributed by atoms with E-state index in [0.717, 1.165) is 11.1 Å². The number of sulfonamides is 1. The molecule has 3 aromatic rings. The van der Waals surface area contributed by atoms with Gasteiger partial charge >= 0.3 is 0 Å². The number of nitrogens with one attached hydrogen (secondary N) is 2. The Bertz CT molecular complexity index is 1040. The fraction of sp³-hybridized carbons (Fsp3) is 0.136. The van der Waals surface area contributed by atoms with E-state index in [9.17, 15) is 13.2 Å². The highest BCUT2D eigenvalue weighted by molar-refractivity contribution is 7.93. The molecule has 0 radical (unpaired) electrons. The molecule has 0 unspecified atom stereocenters. The van der Waals surface area contributed by atoms with Crippen LogP contribution < -0.4 is 10.0 Å². The number of carbonyl (C=O) groups is 1. The van der Waals surface area contributed by atoms with Crippen LogP contribution in [0.15, 0.2) is 78.9 Å². The fourth-order valence-corrected chi connectivity index (χ4v) is 3.25. The summed E-state index contributed by atoms with van der Waals surface area (Å²) in [4.78, 5) is 12.4. The van der Waals surface area contributed by atoms with Crippen molar-refractivity contribution >= 4 is 27.3 Å². The van der Waals surface area contributed by atoms with Gasteiger partial charge < -0.3 is 5.32 Å². The summed E-state index contributed by atoms with van der Waals surface area (Å²) in [7, 11) is -3.41. The topological polar surface area (TPSA) is 75.3 Å². The lowest BCUT2D eigenvalue weighted by atomic mass is 10.1. The lowest BCUT2D eigenvalue weighted by Gasteiger charge is -2.11. The van der Waals surface area contributed by atoms with Crippen molar-refractivity contribution in [3.05, 3.63) is 84.4 Å². The molecule has 3 aromatic carbocycles. The highest BCUT2D eigenvalue weighted by Gasteiger charge is 2.15. The molecule has 5 nitrogen and oxygen atoms in total. The van der Waals surface area contributed by atoms with Gasteiger partial charge in [0.15, 0.2) is 0 Å². The van der Waals surface area contributed by atoms with Gasteiger partial charge in [-0.05, 0) is 61.4 Å². The molecule has 144 valence electrons. The molecule has 0 bridgehead atoms. The second kappa shape index (κ2) is 8.27. The summed E-state index contributed by atoms with van der Waals surface area (Å²) in [5.41, 5.74) is 3.74. The van der Waals surface area contributed by atoms with Crippen molar-refractivity contribution in [2.24, 2.45) is 0 Å². The number of hydrogen-bond acceptors (Lipinski definition) is 3. The minimum Gasteiger partial charge on any atom is -0.322 e. The average molecular weight is 394 g/mol. The molecule has 0 atom stereocenters. The third-order valence-electron chi connectivity index (χ3n) is 4.28. The third kappa shape index (κ3) is 4.78. The molecule has 0 aliphatic carbocycles. The molecule has 1 amide bonds. The van der Waals surface area contributed by atoms with E-state index in [4.69, 9.17) is 0 Å². The summed E-state index contributed by atoms with van der Waals surface area (Å²) < 4.78 is 26.3. The van der Waals surface area contributed by atoms with Crippen molar-refractivity contribution in [1.82, 2.24) is 0 Å². The van der Waals surface area contributed by atoms with Crippen LogP contribution in [-0.2, 0) is 10.0 Å². The van der Waals surface area contributed by atoms with Crippen LogP contribution in [0.4, 0.5) is 11.4 Å². The summed E-state index contributed by atoms with van der Waals surface area (Å²) >= 11 is 0. The first-order chi connectivity index (χ1) is 13.3. The Hall–Kier alpha value is -3.12. The molecule has 0 saturated heterocycles. The molecule has 3 rings (SSSR count). The van der Waals surface area contributed by atoms with Gasteiger partial charge in [0.05, 0.1) is 5.25 Å². The number of anilines is 2. The van der Waals surface area contributed by atoms with E-state index in [1.807, 2.05) is 54.6 Å². The van der Waals surface area contributed by atoms with E-state index in [-0.39, 0.29) is 5.91 Å². The van der Waals surface area contributed by atoms with E-state index >= 15 is 0 Å². The zero-order valence-electron chi connectivity index (χ0n) is 15.7. The summed E-state index contributed by atoms with van der Waals surface area (Å²) in [6.45, 7) is 3.21. The Morgan fingerprint density at radius 1 is 0.750 bits per heavy atom. The fourth-order valence-electron chi connectivity index (χ4n) is 2.55. The molecular weight excluding hydrogens is 372 g/mol. The normalized spacial score (nSPS) is 11.2. The molecule has 0 heterocycles. The summed E-state index contributed by atoms with van der Waals surface area (Å²) in [5, 5.41) is 2.31. The van der Waals surface area contributed by atoms with Crippen molar-refractivity contribution in [3.8, 4) is 11.1 Å². The number of benzene rings is 3. The van der Waals surface area contributed by atoms with Gasteiger partial charge in [0.25, 0.3) is 5.91 Å². The van der Waals surface area contributed by atoms with Gasteiger partial charge in [0.1, 0.15) is 0 Å². The van der Waals surface area contributed by atoms with Crippen LogP contribution in [0, 0.1) is 0 Å². The lowest BCUT2D eigenvalue weighted by molar-refractivity contribution is 0.102. The standard InChI is InChI=1S/C22H22N2O3S/c1-16(2)28(26,27)24-21-14-10-19(11-15-21)22(25)23-20-12-8-18(9-13-20)17-6-4-3-5-7-17/h3-16,24H,1-2H3,(H,23,25). The zero-order chi connectivity index (χ0) is 20.1. The Balaban J connectivity index is 1.66. The number of carbonyl (C=O) groups excluding carboxylic acids is 1. The molecule has 0 aliphatic heterocycles. The van der Waals surface area contributed by atoms with Crippen LogP contribution in [0.1, 0.15) is 24.2 Å². The molecule has 0 spiro atoms. The second-order valence-corrected chi connectivity index (χ2v) is 8.91. The maximum absolute atomic E-state index is 12.4. The van der Waals surface area contributed by atoms with E-state index in [0.29, 0.717) is 16.9 Å². The van der Waals surface area contributed by atoms with Crippen LogP contribution in [0.2, 0.25) is 0 Å². The predicted octanol–water partition coefficient (Wildman–Crippen LogP) is 4.76. The largest absolute Gasteiger partial charge is 0.322 e. The highest BCUT2D eigenvalue weighted by atomic mass is 32.2. The lowest BCUT2D eigenvalue weighted by Crippen LogP contribution is -2.22. The zero-order valence-corrected chi connectivity index (χ0v) is 16.5. The number of amides is 1. The molecule has 6 heteroatoms. The van der Waals surface area contributed by atoms with Crippen molar-refractivity contribution in [2.45, 2.75) is 19.1 Å². The van der Waals surface area contributed by atoms with Gasteiger partial charge in [-0.3, -0.25) is 9.52 Å². The van der Waals surface area contributed by atoms with Gasteiger partial charge in [0, 0.05) is 16.9 Å². The first kappa shape index (κ1) is 19.6. The number of hydrogen-bond donors (Lipinski definition) is 2. The highest BCUT2D eigenvalue weighted by Crippen LogP contribution is 2.21. The average Bonchev–Trinajstić information content (AvgIpc) is 2.69. The van der Waals surface area contributed by atoms with Gasteiger partial charge in [-0.25, -0.2) is 8.42 Å². The molecular formula is C22H22N2O3S. The maximum Gasteiger partial charge on any atom is 0.255 e. The molecule has 0 aromatic heterocycles. The Kier molecular flexibility index (Phi) is 5.80. The van der Waals surface area contributed by atoms with Crippen LogP contribution in [0.3, 0.4) is 0 Å². The van der Waals surface area contributed by atoms with Gasteiger partial charge in [0.2, 0.25) is 10.0 Å². The molecule has 0 aliphatic rings. The van der Waals surface area contributed by atoms with Crippen LogP contribution in [0.5, 0.6) is 0 Å². The summed E-state index contributed by atoms with van der Waals surface area (Å²) in [5.74, 6) is -0.259. The van der Waals surface area contributed by atoms with E-state index in [2.05, 4.69) is 10.0 Å². The van der Waals surface area contributed by atoms with Crippen LogP contribution >= 0.6 is 0 Å². The monoisotopic (exact) mass is 394 g/mol. The minimum absolute atomic E-state index is 0.259. The van der Waals surface area contributed by atoms with Gasteiger partial charge in [-0.2, -0.15) is 0 Å². The quantitative estimate of drug-likeness (QED) is 0.633. The smallest absolute Gasteiger partial charge is 0.255 e. The third-order valence-corrected chi connectivity index (χ3v) is 6.04. The predicted molar refractivity (Wildman–Crippen MR) is 114 cm³/mol. The minimum atomic E-state index is -3.41. The molecule has 0 fully saturated rings. The van der Waals surface area contributed by atoms with E-state index in [1.165, 1.54) is 0 Å². The van der Waals surface area contributed by atoms with Crippen LogP contribution in [-0.4, -0.2) is 19.6 Å². The molecule has 2 N–H and O–H groups in total.